The summed E-state index contributed by atoms with van der Waals surface area (Å²) in [7, 11) is 0.780. The van der Waals surface area contributed by atoms with Gasteiger partial charge in [-0.1, -0.05) is 41.5 Å². The quantitative estimate of drug-likeness (QED) is 0.208. The number of carbonyl (C=O) groups is 4. The maximum Gasteiger partial charge on any atom is 0.181 e. The van der Waals surface area contributed by atoms with Crippen molar-refractivity contribution >= 4 is 55.8 Å². The first-order chi connectivity index (χ1) is 30.9. The molecule has 0 saturated heterocycles. The molecule has 12 bridgehead atoms. The third-order valence-corrected chi connectivity index (χ3v) is 24.3. The summed E-state index contributed by atoms with van der Waals surface area (Å²) in [5.41, 5.74) is 1.67. The monoisotopic (exact) mass is 992 g/mol. The van der Waals surface area contributed by atoms with Gasteiger partial charge in [0.1, 0.15) is 5.78 Å². The highest BCUT2D eigenvalue weighted by Gasteiger charge is 2.58. The van der Waals surface area contributed by atoms with E-state index in [0.717, 1.165) is 77.9 Å². The van der Waals surface area contributed by atoms with Crippen LogP contribution in [0.4, 0.5) is 0 Å². The van der Waals surface area contributed by atoms with E-state index in [1.807, 2.05) is 20.8 Å². The summed E-state index contributed by atoms with van der Waals surface area (Å²) >= 11 is 0. The molecular formula is C59H107O5S3+3. The third-order valence-electron chi connectivity index (χ3n) is 19.1. The van der Waals surface area contributed by atoms with Crippen molar-refractivity contribution in [3.8, 4) is 0 Å². The summed E-state index contributed by atoms with van der Waals surface area (Å²) in [5, 5.41) is 11.4. The molecule has 1 N–H and O–H groups in total. The molecule has 0 aromatic carbocycles. The van der Waals surface area contributed by atoms with Gasteiger partial charge in [0, 0.05) is 11.8 Å². The molecule has 5 nitrogen and oxygen atoms in total. The van der Waals surface area contributed by atoms with Crippen LogP contribution in [0.1, 0.15) is 205 Å². The van der Waals surface area contributed by atoms with Crippen LogP contribution in [0.15, 0.2) is 0 Å². The normalized spacial score (nSPS) is 38.0. The third kappa shape index (κ3) is 16.3. The number of Topliss-reactive ketones (excluding diaryl/α,β-unsaturated/α-hetero) is 4. The molecule has 0 radical (unpaired) electrons. The van der Waals surface area contributed by atoms with Crippen LogP contribution < -0.4 is 0 Å². The minimum Gasteiger partial charge on any atom is -0.390 e. The number of aliphatic hydroxyl groups is 1. The van der Waals surface area contributed by atoms with E-state index in [1.54, 1.807) is 59.3 Å². The average molecular weight is 993 g/mol. The minimum absolute atomic E-state index is 0.251. The second-order valence-electron chi connectivity index (χ2n) is 27.0. The van der Waals surface area contributed by atoms with Crippen LogP contribution in [0, 0.1) is 81.3 Å². The molecule has 0 amide bonds. The van der Waals surface area contributed by atoms with Crippen LogP contribution in [0.5, 0.6) is 0 Å². The molecule has 12 rings (SSSR count). The number of ketones is 4. The first-order valence-electron chi connectivity index (χ1n) is 27.4. The van der Waals surface area contributed by atoms with Crippen LogP contribution >= 0.6 is 0 Å². The lowest BCUT2D eigenvalue weighted by Gasteiger charge is -2.61. The fourth-order valence-corrected chi connectivity index (χ4v) is 18.4. The molecule has 0 aliphatic heterocycles. The molecule has 8 heteroatoms. The first-order valence-corrected chi connectivity index (χ1v) is 33.7. The van der Waals surface area contributed by atoms with E-state index in [1.165, 1.54) is 64.2 Å². The van der Waals surface area contributed by atoms with Crippen molar-refractivity contribution in [1.29, 1.82) is 0 Å². The van der Waals surface area contributed by atoms with Crippen molar-refractivity contribution in [1.82, 2.24) is 0 Å². The zero-order chi connectivity index (χ0) is 50.6. The molecule has 12 fully saturated rings. The summed E-state index contributed by atoms with van der Waals surface area (Å²) in [6.45, 7) is 25.1. The molecular weight excluding hydrogens is 885 g/mol. The lowest BCUT2D eigenvalue weighted by molar-refractivity contribution is -0.168. The van der Waals surface area contributed by atoms with Gasteiger partial charge in [0.25, 0.3) is 0 Å². The molecule has 12 saturated carbocycles. The van der Waals surface area contributed by atoms with E-state index in [9.17, 15) is 24.3 Å². The maximum absolute atomic E-state index is 11.9. The van der Waals surface area contributed by atoms with Crippen LogP contribution in [0.25, 0.3) is 0 Å². The number of hydrogen-bond acceptors (Lipinski definition) is 5. The average Bonchev–Trinajstić information content (AvgIpc) is 3.17. The number of carbonyl (C=O) groups excluding carboxylic acids is 4. The second-order valence-corrected chi connectivity index (χ2v) is 34.4. The van der Waals surface area contributed by atoms with Crippen molar-refractivity contribution in [2.45, 2.75) is 226 Å². The predicted octanol–water partition coefficient (Wildman–Crippen LogP) is 13.2. The number of hydrogen-bond donors (Lipinski definition) is 1. The summed E-state index contributed by atoms with van der Waals surface area (Å²) in [6, 6.07) is 0. The Bertz CT molecular complexity index is 1490. The molecule has 67 heavy (non-hydrogen) atoms. The molecule has 7 unspecified atom stereocenters. The van der Waals surface area contributed by atoms with Gasteiger partial charge < -0.3 is 5.11 Å². The highest BCUT2D eigenvalue weighted by Crippen LogP contribution is 2.64. The Morgan fingerprint density at radius 3 is 1.07 bits per heavy atom. The van der Waals surface area contributed by atoms with Crippen molar-refractivity contribution < 1.29 is 24.3 Å². The van der Waals surface area contributed by atoms with Gasteiger partial charge in [-0.25, -0.2) is 0 Å². The zero-order valence-electron chi connectivity index (χ0n) is 46.8. The van der Waals surface area contributed by atoms with Gasteiger partial charge in [0.2, 0.25) is 0 Å². The SMILES string of the molecule is CC(=O)C(C)[S+](C)C.CC(=O)C(C)[S+](C)C.CC(=O)C(C)[S+](C)C.CC(C)C12CC3CC(C1)C(=O)C(C3)C2.CC(C)CC12CC3CC(CC(C3)C1)C2.CC(C)CC12CC3CC(CC(O)(C3)C1)C2. The molecule has 0 heterocycles. The van der Waals surface area contributed by atoms with Crippen LogP contribution in [-0.4, -0.2) is 87.1 Å². The summed E-state index contributed by atoms with van der Waals surface area (Å²) < 4.78 is 0. The van der Waals surface area contributed by atoms with Crippen LogP contribution in [0.2, 0.25) is 0 Å². The smallest absolute Gasteiger partial charge is 0.181 e. The highest BCUT2D eigenvalue weighted by molar-refractivity contribution is 7.97. The molecule has 12 aliphatic carbocycles. The van der Waals surface area contributed by atoms with Gasteiger partial charge in [-0.2, -0.15) is 0 Å². The van der Waals surface area contributed by atoms with Crippen molar-refractivity contribution in [3.63, 3.8) is 0 Å². The summed E-state index contributed by atoms with van der Waals surface area (Å²) in [5.74, 6) is 11.0. The molecule has 0 spiro atoms. The standard InChI is InChI=1S/C14H24O.C14H24.C13H20O.3C6H13OS/c1-10(2)4-13-5-11-3-12(6-13)8-14(15,7-11)9-13;1-10(2)6-14-7-11-3-12(8-14)5-13(4-11)9-14;1-8(2)13-5-9-3-10(6-13)12(14)11(4-9)7-13;3*1-5(7)6(2)8(3)4/h10-12,15H,3-9H2,1-2H3;10-13H,3-9H2,1-2H3;8-11H,3-7H2,1-2H3;3*6H,1-4H3/q;;;3*+1. The predicted molar refractivity (Wildman–Crippen MR) is 295 cm³/mol. The van der Waals surface area contributed by atoms with Crippen molar-refractivity contribution in [2.24, 2.45) is 81.3 Å². The minimum atomic E-state index is -0.251. The first kappa shape index (κ1) is 59.3. The van der Waals surface area contributed by atoms with E-state index in [-0.39, 0.29) is 54.0 Å². The molecule has 0 aromatic heterocycles. The van der Waals surface area contributed by atoms with Gasteiger partial charge in [-0.05, 0) is 266 Å². The fraction of sp³-hybridized carbons (Fsp3) is 0.932. The van der Waals surface area contributed by atoms with Gasteiger partial charge in [0.15, 0.2) is 33.1 Å². The van der Waals surface area contributed by atoms with Gasteiger partial charge in [-0.15, -0.1) is 0 Å². The Hall–Kier alpha value is -0.310. The highest BCUT2D eigenvalue weighted by atomic mass is 32.2. The summed E-state index contributed by atoms with van der Waals surface area (Å²) in [6.07, 6.45) is 38.9. The molecule has 7 atom stereocenters. The van der Waals surface area contributed by atoms with E-state index in [2.05, 4.69) is 79.1 Å². The van der Waals surface area contributed by atoms with Gasteiger partial charge in [0.05, 0.1) is 43.1 Å². The molecule has 388 valence electrons. The van der Waals surface area contributed by atoms with Crippen LogP contribution in [0.3, 0.4) is 0 Å². The lowest BCUT2D eigenvalue weighted by Crippen LogP contribution is -2.55. The Balaban J connectivity index is 0.000000180. The van der Waals surface area contributed by atoms with Crippen molar-refractivity contribution in [2.75, 3.05) is 37.5 Å². The van der Waals surface area contributed by atoms with Crippen molar-refractivity contribution in [3.05, 3.63) is 0 Å². The van der Waals surface area contributed by atoms with Gasteiger partial charge in [-0.3, -0.25) is 19.2 Å². The molecule has 12 aliphatic rings. The fourth-order valence-electron chi connectivity index (χ4n) is 16.4. The maximum atomic E-state index is 11.9. The van der Waals surface area contributed by atoms with Crippen LogP contribution in [-0.2, 0) is 51.9 Å². The Kier molecular flexibility index (Phi) is 21.8. The topological polar surface area (TPSA) is 88.5 Å². The van der Waals surface area contributed by atoms with E-state index in [0.29, 0.717) is 45.8 Å². The van der Waals surface area contributed by atoms with E-state index in [4.69, 9.17) is 0 Å². The number of rotatable bonds is 11. The second kappa shape index (κ2) is 24.6. The Morgan fingerprint density at radius 2 is 0.791 bits per heavy atom. The molecule has 0 aromatic rings. The van der Waals surface area contributed by atoms with Gasteiger partial charge >= 0.3 is 0 Å². The Labute approximate surface area is 423 Å². The largest absolute Gasteiger partial charge is 0.390 e. The zero-order valence-corrected chi connectivity index (χ0v) is 49.3. The van der Waals surface area contributed by atoms with E-state index >= 15 is 0 Å². The lowest BCUT2D eigenvalue weighted by atomic mass is 9.46. The Morgan fingerprint density at radius 1 is 0.478 bits per heavy atom. The summed E-state index contributed by atoms with van der Waals surface area (Å²) in [4.78, 5) is 43.7. The van der Waals surface area contributed by atoms with E-state index < -0.39 is 0 Å².